The number of alkyl halides is 6. The summed E-state index contributed by atoms with van der Waals surface area (Å²) in [7, 11) is 0. The SMILES string of the molecule is CC(Oc1ccccc1)c1nc2cc(C(=O)NCCC(=O)O)ccc2n1Cc1cc(C(F)(F)F)cc(C(F)(F)F)c1. The van der Waals surface area contributed by atoms with Crippen LogP contribution in [0, 0.1) is 0 Å². The van der Waals surface area contributed by atoms with Crippen LogP contribution < -0.4 is 10.1 Å². The highest BCUT2D eigenvalue weighted by molar-refractivity contribution is 5.97. The number of para-hydroxylation sites is 1. The number of nitrogens with one attached hydrogen (secondary N) is 1. The molecule has 0 aliphatic heterocycles. The number of amides is 1. The van der Waals surface area contributed by atoms with E-state index in [2.05, 4.69) is 10.3 Å². The predicted molar refractivity (Wildman–Crippen MR) is 135 cm³/mol. The molecule has 216 valence electrons. The summed E-state index contributed by atoms with van der Waals surface area (Å²) >= 11 is 0. The number of halogens is 6. The third kappa shape index (κ3) is 7.16. The maximum atomic E-state index is 13.5. The molecule has 0 aliphatic rings. The zero-order valence-corrected chi connectivity index (χ0v) is 21.4. The van der Waals surface area contributed by atoms with E-state index in [1.54, 1.807) is 37.3 Å². The number of rotatable bonds is 9. The zero-order chi connectivity index (χ0) is 29.9. The summed E-state index contributed by atoms with van der Waals surface area (Å²) in [6.07, 6.45) is -11.1. The Morgan fingerprint density at radius 1 is 0.951 bits per heavy atom. The number of hydrogen-bond donors (Lipinski definition) is 2. The van der Waals surface area contributed by atoms with Gasteiger partial charge in [-0.05, 0) is 61.0 Å². The summed E-state index contributed by atoms with van der Waals surface area (Å²) in [5, 5.41) is 11.2. The van der Waals surface area contributed by atoms with E-state index in [4.69, 9.17) is 9.84 Å². The van der Waals surface area contributed by atoms with Crippen LogP contribution in [-0.2, 0) is 23.7 Å². The smallest absolute Gasteiger partial charge is 0.416 e. The van der Waals surface area contributed by atoms with Gasteiger partial charge in [0.05, 0.1) is 28.6 Å². The second-order valence-electron chi connectivity index (χ2n) is 9.15. The lowest BCUT2D eigenvalue weighted by atomic mass is 10.0. The number of carboxylic acid groups (broad SMARTS) is 1. The van der Waals surface area contributed by atoms with Gasteiger partial charge in [0.2, 0.25) is 0 Å². The van der Waals surface area contributed by atoms with Gasteiger partial charge in [-0.25, -0.2) is 4.98 Å². The molecular formula is C28H23F6N3O4. The molecule has 7 nitrogen and oxygen atoms in total. The molecule has 2 N–H and O–H groups in total. The van der Waals surface area contributed by atoms with E-state index in [9.17, 15) is 35.9 Å². The molecule has 0 saturated heterocycles. The van der Waals surface area contributed by atoms with Gasteiger partial charge in [0.1, 0.15) is 5.75 Å². The summed E-state index contributed by atoms with van der Waals surface area (Å²) in [5.41, 5.74) is -2.46. The number of ether oxygens (including phenoxy) is 1. The van der Waals surface area contributed by atoms with Gasteiger partial charge in [0.15, 0.2) is 11.9 Å². The number of carboxylic acids is 1. The molecule has 0 fully saturated rings. The molecule has 13 heteroatoms. The van der Waals surface area contributed by atoms with Crippen molar-refractivity contribution in [3.8, 4) is 5.75 Å². The van der Waals surface area contributed by atoms with Gasteiger partial charge in [-0.2, -0.15) is 26.3 Å². The molecule has 3 aromatic carbocycles. The summed E-state index contributed by atoms with van der Waals surface area (Å²) < 4.78 is 88.3. The average Bonchev–Trinajstić information content (AvgIpc) is 3.25. The Bertz CT molecular complexity index is 1530. The summed E-state index contributed by atoms with van der Waals surface area (Å²) in [5.74, 6) is -1.03. The van der Waals surface area contributed by atoms with Crippen LogP contribution in [0.15, 0.2) is 66.7 Å². The van der Waals surface area contributed by atoms with Crippen LogP contribution in [0.4, 0.5) is 26.3 Å². The number of fused-ring (bicyclic) bond motifs is 1. The number of carbonyl (C=O) groups is 2. The Labute approximate surface area is 229 Å². The van der Waals surface area contributed by atoms with Crippen molar-refractivity contribution < 1.29 is 45.8 Å². The highest BCUT2D eigenvalue weighted by Crippen LogP contribution is 2.37. The zero-order valence-electron chi connectivity index (χ0n) is 21.4. The van der Waals surface area contributed by atoms with Crippen LogP contribution in [0.3, 0.4) is 0 Å². The first-order chi connectivity index (χ1) is 19.2. The number of aromatic nitrogens is 2. The van der Waals surface area contributed by atoms with Crippen LogP contribution in [0.2, 0.25) is 0 Å². The predicted octanol–water partition coefficient (Wildman–Crippen LogP) is 6.47. The van der Waals surface area contributed by atoms with Crippen molar-refractivity contribution in [2.24, 2.45) is 0 Å². The molecule has 1 amide bonds. The number of aliphatic carboxylic acids is 1. The van der Waals surface area contributed by atoms with Gasteiger partial charge in [-0.15, -0.1) is 0 Å². The van der Waals surface area contributed by atoms with Crippen molar-refractivity contribution in [1.82, 2.24) is 14.9 Å². The number of nitrogens with zero attached hydrogens (tertiary/aromatic N) is 2. The molecule has 41 heavy (non-hydrogen) atoms. The number of hydrogen-bond acceptors (Lipinski definition) is 4. The van der Waals surface area contributed by atoms with Gasteiger partial charge in [-0.1, -0.05) is 18.2 Å². The molecular weight excluding hydrogens is 556 g/mol. The standard InChI is InChI=1S/C28H23F6N3O4/c1-16(41-21-5-3-2-4-6-21)25-36-22-13-18(26(40)35-10-9-24(38)39)7-8-23(22)37(25)15-17-11-19(27(29,30)31)14-20(12-17)28(32,33)34/h2-8,11-14,16H,9-10,15H2,1H3,(H,35,40)(H,38,39). The normalized spacial score (nSPS) is 12.8. The summed E-state index contributed by atoms with van der Waals surface area (Å²) in [4.78, 5) is 27.8. The van der Waals surface area contributed by atoms with Gasteiger partial charge < -0.3 is 19.7 Å². The molecule has 0 aliphatic carbocycles. The van der Waals surface area contributed by atoms with Crippen LogP contribution in [0.25, 0.3) is 11.0 Å². The Balaban J connectivity index is 1.78. The number of imidazole rings is 1. The van der Waals surface area contributed by atoms with Crippen LogP contribution in [0.1, 0.15) is 52.3 Å². The Morgan fingerprint density at radius 2 is 1.59 bits per heavy atom. The molecule has 1 unspecified atom stereocenters. The van der Waals surface area contributed by atoms with Crippen molar-refractivity contribution in [2.45, 2.75) is 38.3 Å². The minimum Gasteiger partial charge on any atom is -0.483 e. The van der Waals surface area contributed by atoms with Crippen LogP contribution >= 0.6 is 0 Å². The highest BCUT2D eigenvalue weighted by atomic mass is 19.4. The molecule has 4 rings (SSSR count). The summed E-state index contributed by atoms with van der Waals surface area (Å²) in [6.45, 7) is 1.09. The van der Waals surface area contributed by atoms with E-state index in [1.807, 2.05) is 0 Å². The largest absolute Gasteiger partial charge is 0.483 e. The van der Waals surface area contributed by atoms with E-state index in [1.165, 1.54) is 22.8 Å². The molecule has 0 saturated carbocycles. The monoisotopic (exact) mass is 579 g/mol. The van der Waals surface area contributed by atoms with Crippen molar-refractivity contribution in [1.29, 1.82) is 0 Å². The van der Waals surface area contributed by atoms with Crippen LogP contribution in [0.5, 0.6) is 5.75 Å². The van der Waals surface area contributed by atoms with E-state index in [0.717, 1.165) is 0 Å². The first-order valence-electron chi connectivity index (χ1n) is 12.2. The molecule has 4 aromatic rings. The fourth-order valence-corrected chi connectivity index (χ4v) is 4.20. The lowest BCUT2D eigenvalue weighted by Gasteiger charge is -2.18. The minimum atomic E-state index is -5.01. The minimum absolute atomic E-state index is 0.0623. The Kier molecular flexibility index (Phi) is 8.27. The van der Waals surface area contributed by atoms with E-state index < -0.39 is 48.0 Å². The third-order valence-electron chi connectivity index (χ3n) is 6.07. The Hall–Kier alpha value is -4.55. The van der Waals surface area contributed by atoms with Crippen molar-refractivity contribution in [3.05, 3.63) is 94.8 Å². The van der Waals surface area contributed by atoms with Crippen molar-refractivity contribution >= 4 is 22.9 Å². The van der Waals surface area contributed by atoms with Crippen LogP contribution in [-0.4, -0.2) is 33.1 Å². The first-order valence-corrected chi connectivity index (χ1v) is 12.2. The topological polar surface area (TPSA) is 93.4 Å². The average molecular weight is 579 g/mol. The second kappa shape index (κ2) is 11.5. The molecule has 1 atom stereocenters. The quantitative estimate of drug-likeness (QED) is 0.222. The first kappa shape index (κ1) is 29.4. The molecule has 1 heterocycles. The van der Waals surface area contributed by atoms with Gasteiger partial charge in [0, 0.05) is 18.7 Å². The molecule has 0 bridgehead atoms. The highest BCUT2D eigenvalue weighted by Gasteiger charge is 2.37. The second-order valence-corrected chi connectivity index (χ2v) is 9.15. The molecule has 0 spiro atoms. The van der Waals surface area contributed by atoms with E-state index in [0.29, 0.717) is 23.4 Å². The van der Waals surface area contributed by atoms with Gasteiger partial charge in [0.25, 0.3) is 5.91 Å². The fourth-order valence-electron chi connectivity index (χ4n) is 4.20. The summed E-state index contributed by atoms with van der Waals surface area (Å²) in [6, 6.07) is 14.2. The Morgan fingerprint density at radius 3 is 2.17 bits per heavy atom. The lowest BCUT2D eigenvalue weighted by molar-refractivity contribution is -0.143. The van der Waals surface area contributed by atoms with Gasteiger partial charge in [-0.3, -0.25) is 9.59 Å². The van der Waals surface area contributed by atoms with E-state index >= 15 is 0 Å². The lowest BCUT2D eigenvalue weighted by Crippen LogP contribution is -2.25. The maximum absolute atomic E-state index is 13.5. The molecule has 1 aromatic heterocycles. The van der Waals surface area contributed by atoms with E-state index in [-0.39, 0.29) is 41.5 Å². The third-order valence-corrected chi connectivity index (χ3v) is 6.07. The van der Waals surface area contributed by atoms with Crippen molar-refractivity contribution in [3.63, 3.8) is 0 Å². The maximum Gasteiger partial charge on any atom is 0.416 e. The molecule has 0 radical (unpaired) electrons. The van der Waals surface area contributed by atoms with Gasteiger partial charge >= 0.3 is 18.3 Å². The van der Waals surface area contributed by atoms with Crippen molar-refractivity contribution in [2.75, 3.05) is 6.54 Å². The number of benzene rings is 3. The fraction of sp³-hybridized carbons (Fsp3) is 0.250. The number of carbonyl (C=O) groups excluding carboxylic acids is 1.